The molecular weight excluding hydrogens is 322 g/mol. The Labute approximate surface area is 145 Å². The molecule has 0 radical (unpaired) electrons. The Kier molecular flexibility index (Phi) is 6.27. The van der Waals surface area contributed by atoms with Crippen molar-refractivity contribution in [2.24, 2.45) is 5.92 Å². The summed E-state index contributed by atoms with van der Waals surface area (Å²) in [4.78, 5) is 40.1. The van der Waals surface area contributed by atoms with Crippen LogP contribution in [0.4, 0.5) is 0 Å². The van der Waals surface area contributed by atoms with Crippen molar-refractivity contribution in [2.45, 2.75) is 39.2 Å². The van der Waals surface area contributed by atoms with Crippen molar-refractivity contribution in [1.82, 2.24) is 14.9 Å². The third kappa shape index (κ3) is 4.89. The van der Waals surface area contributed by atoms with Crippen LogP contribution in [-0.4, -0.2) is 33.1 Å². The summed E-state index contributed by atoms with van der Waals surface area (Å²) in [5.41, 5.74) is 0.339. The van der Waals surface area contributed by atoms with Crippen molar-refractivity contribution in [1.29, 1.82) is 0 Å². The van der Waals surface area contributed by atoms with Crippen molar-refractivity contribution in [3.8, 4) is 0 Å². The minimum Gasteiger partial charge on any atom is -0.481 e. The lowest BCUT2D eigenvalue weighted by molar-refractivity contribution is -0.137. The van der Waals surface area contributed by atoms with Gasteiger partial charge in [-0.3, -0.25) is 19.0 Å². The van der Waals surface area contributed by atoms with Gasteiger partial charge >= 0.3 is 5.97 Å². The number of nitrogens with zero attached hydrogens (tertiary/aromatic N) is 2. The molecule has 0 fully saturated rings. The van der Waals surface area contributed by atoms with E-state index in [4.69, 9.17) is 5.11 Å². The van der Waals surface area contributed by atoms with Crippen LogP contribution < -0.4 is 10.9 Å². The highest BCUT2D eigenvalue weighted by Crippen LogP contribution is 2.17. The first-order chi connectivity index (χ1) is 11.9. The van der Waals surface area contributed by atoms with E-state index in [9.17, 15) is 14.4 Å². The van der Waals surface area contributed by atoms with E-state index in [0.717, 1.165) is 0 Å². The minimum atomic E-state index is -0.900. The lowest BCUT2D eigenvalue weighted by Gasteiger charge is -2.21. The van der Waals surface area contributed by atoms with Crippen LogP contribution in [0, 0.1) is 5.92 Å². The predicted octanol–water partition coefficient (Wildman–Crippen LogP) is 1.96. The fourth-order valence-electron chi connectivity index (χ4n) is 2.67. The van der Waals surface area contributed by atoms with Crippen molar-refractivity contribution in [2.75, 3.05) is 6.54 Å². The Morgan fingerprint density at radius 2 is 2.00 bits per heavy atom. The second-order valence-electron chi connectivity index (χ2n) is 6.41. The average Bonchev–Trinajstić information content (AvgIpc) is 2.57. The first kappa shape index (κ1) is 18.6. The van der Waals surface area contributed by atoms with Crippen LogP contribution in [-0.2, 0) is 9.59 Å². The van der Waals surface area contributed by atoms with Gasteiger partial charge in [-0.1, -0.05) is 26.0 Å². The smallest absolute Gasteiger partial charge is 0.303 e. The lowest BCUT2D eigenvalue weighted by Crippen LogP contribution is -2.38. The first-order valence-electron chi connectivity index (χ1n) is 8.35. The second-order valence-corrected chi connectivity index (χ2v) is 6.41. The van der Waals surface area contributed by atoms with Crippen LogP contribution in [0.25, 0.3) is 10.9 Å². The number of amides is 1. The van der Waals surface area contributed by atoms with Crippen molar-refractivity contribution in [3.63, 3.8) is 0 Å². The maximum atomic E-state index is 12.7. The standard InChI is InChI=1S/C18H23N3O4/c1-12(2)10-15(17(24)19-9-5-8-16(22)23)21-11-20-14-7-4-3-6-13(14)18(21)25/h3-4,6-7,11-12,15H,5,8-10H2,1-2H3,(H,19,24)(H,22,23). The zero-order valence-electron chi connectivity index (χ0n) is 14.4. The predicted molar refractivity (Wildman–Crippen MR) is 94.4 cm³/mol. The number of hydrogen-bond donors (Lipinski definition) is 2. The van der Waals surface area contributed by atoms with Gasteiger partial charge < -0.3 is 10.4 Å². The fraction of sp³-hybridized carbons (Fsp3) is 0.444. The Bertz CT molecular complexity index is 813. The summed E-state index contributed by atoms with van der Waals surface area (Å²) in [6.07, 6.45) is 2.24. The van der Waals surface area contributed by atoms with Crippen LogP contribution in [0.15, 0.2) is 35.4 Å². The second kappa shape index (κ2) is 8.41. The van der Waals surface area contributed by atoms with Gasteiger partial charge in [0.1, 0.15) is 6.04 Å². The number of aliphatic carboxylic acids is 1. The number of carboxylic acids is 1. The molecule has 0 spiro atoms. The van der Waals surface area contributed by atoms with Gasteiger partial charge in [0, 0.05) is 13.0 Å². The van der Waals surface area contributed by atoms with Gasteiger partial charge in [-0.15, -0.1) is 0 Å². The van der Waals surface area contributed by atoms with Crippen LogP contribution in [0.1, 0.15) is 39.2 Å². The first-order valence-corrected chi connectivity index (χ1v) is 8.35. The third-order valence-corrected chi connectivity index (χ3v) is 3.89. The Morgan fingerprint density at radius 3 is 2.68 bits per heavy atom. The number of rotatable bonds is 8. The Morgan fingerprint density at radius 1 is 1.28 bits per heavy atom. The molecule has 0 saturated heterocycles. The largest absolute Gasteiger partial charge is 0.481 e. The van der Waals surface area contributed by atoms with Crippen molar-refractivity contribution >= 4 is 22.8 Å². The number of carbonyl (C=O) groups is 2. The number of aromatic nitrogens is 2. The highest BCUT2D eigenvalue weighted by Gasteiger charge is 2.23. The molecule has 25 heavy (non-hydrogen) atoms. The fourth-order valence-corrected chi connectivity index (χ4v) is 2.67. The van der Waals surface area contributed by atoms with E-state index in [1.165, 1.54) is 10.9 Å². The van der Waals surface area contributed by atoms with Crippen LogP contribution >= 0.6 is 0 Å². The maximum Gasteiger partial charge on any atom is 0.303 e. The van der Waals surface area contributed by atoms with Gasteiger partial charge in [0.25, 0.3) is 5.56 Å². The quantitative estimate of drug-likeness (QED) is 0.712. The van der Waals surface area contributed by atoms with Gasteiger partial charge in [0.2, 0.25) is 5.91 Å². The van der Waals surface area contributed by atoms with Crippen LogP contribution in [0.2, 0.25) is 0 Å². The lowest BCUT2D eigenvalue weighted by atomic mass is 10.0. The molecule has 2 aromatic rings. The number of benzene rings is 1. The van der Waals surface area contributed by atoms with E-state index >= 15 is 0 Å². The zero-order chi connectivity index (χ0) is 18.4. The maximum absolute atomic E-state index is 12.7. The van der Waals surface area contributed by atoms with Gasteiger partial charge in [0.05, 0.1) is 17.2 Å². The number of carboxylic acid groups (broad SMARTS) is 1. The number of para-hydroxylation sites is 1. The number of carbonyl (C=O) groups excluding carboxylic acids is 1. The molecule has 1 aromatic carbocycles. The summed E-state index contributed by atoms with van der Waals surface area (Å²) in [6.45, 7) is 4.21. The molecule has 0 bridgehead atoms. The molecule has 0 saturated carbocycles. The summed E-state index contributed by atoms with van der Waals surface area (Å²) < 4.78 is 1.37. The van der Waals surface area contributed by atoms with E-state index < -0.39 is 12.0 Å². The highest BCUT2D eigenvalue weighted by atomic mass is 16.4. The summed E-state index contributed by atoms with van der Waals surface area (Å²) in [7, 11) is 0. The number of fused-ring (bicyclic) bond motifs is 1. The number of hydrogen-bond acceptors (Lipinski definition) is 4. The summed E-state index contributed by atoms with van der Waals surface area (Å²) >= 11 is 0. The molecule has 7 nitrogen and oxygen atoms in total. The zero-order valence-corrected chi connectivity index (χ0v) is 14.4. The topological polar surface area (TPSA) is 101 Å². The van der Waals surface area contributed by atoms with E-state index in [1.54, 1.807) is 24.3 Å². The molecule has 0 aliphatic rings. The van der Waals surface area contributed by atoms with Crippen molar-refractivity contribution in [3.05, 3.63) is 40.9 Å². The van der Waals surface area contributed by atoms with E-state index in [1.807, 2.05) is 13.8 Å². The van der Waals surface area contributed by atoms with E-state index in [0.29, 0.717) is 23.7 Å². The number of nitrogens with one attached hydrogen (secondary N) is 1. The molecule has 1 aromatic heterocycles. The molecule has 1 amide bonds. The summed E-state index contributed by atoms with van der Waals surface area (Å²) in [5.74, 6) is -0.991. The highest BCUT2D eigenvalue weighted by molar-refractivity contribution is 5.81. The molecule has 1 heterocycles. The molecule has 1 unspecified atom stereocenters. The molecular formula is C18H23N3O4. The van der Waals surface area contributed by atoms with Gasteiger partial charge in [-0.25, -0.2) is 4.98 Å². The molecule has 7 heteroatoms. The van der Waals surface area contributed by atoms with Gasteiger partial charge in [-0.2, -0.15) is 0 Å². The summed E-state index contributed by atoms with van der Waals surface area (Å²) in [6, 6.07) is 6.34. The van der Waals surface area contributed by atoms with E-state index in [2.05, 4.69) is 10.3 Å². The Balaban J connectivity index is 2.25. The van der Waals surface area contributed by atoms with Gasteiger partial charge in [-0.05, 0) is 30.9 Å². The molecule has 0 aliphatic carbocycles. The molecule has 0 aliphatic heterocycles. The Hall–Kier alpha value is -2.70. The van der Waals surface area contributed by atoms with Crippen LogP contribution in [0.5, 0.6) is 0 Å². The third-order valence-electron chi connectivity index (χ3n) is 3.89. The minimum absolute atomic E-state index is 0.00734. The van der Waals surface area contributed by atoms with Crippen molar-refractivity contribution < 1.29 is 14.7 Å². The monoisotopic (exact) mass is 345 g/mol. The van der Waals surface area contributed by atoms with Crippen LogP contribution in [0.3, 0.4) is 0 Å². The van der Waals surface area contributed by atoms with E-state index in [-0.39, 0.29) is 30.3 Å². The molecule has 134 valence electrons. The molecule has 2 rings (SSSR count). The molecule has 1 atom stereocenters. The van der Waals surface area contributed by atoms with Gasteiger partial charge in [0.15, 0.2) is 0 Å². The average molecular weight is 345 g/mol. The normalized spacial score (nSPS) is 12.3. The molecule has 2 N–H and O–H groups in total. The summed E-state index contributed by atoms with van der Waals surface area (Å²) in [5, 5.41) is 11.9. The SMILES string of the molecule is CC(C)CC(C(=O)NCCCC(=O)O)n1cnc2ccccc2c1=O.